The van der Waals surface area contributed by atoms with Crippen LogP contribution in [0, 0.1) is 11.7 Å². The Labute approximate surface area is 233 Å². The number of anilines is 1. The van der Waals surface area contributed by atoms with Crippen LogP contribution in [0.4, 0.5) is 10.1 Å². The van der Waals surface area contributed by atoms with Crippen molar-refractivity contribution in [1.29, 1.82) is 0 Å². The van der Waals surface area contributed by atoms with Crippen molar-refractivity contribution < 1.29 is 23.5 Å². The molecule has 0 spiro atoms. The number of nitrogens with one attached hydrogen (secondary N) is 2. The van der Waals surface area contributed by atoms with Crippen molar-refractivity contribution in [2.75, 3.05) is 12.4 Å². The molecule has 0 bridgehead atoms. The Kier molecular flexibility index (Phi) is 8.78. The molecule has 0 aliphatic rings. The number of amides is 2. The number of ether oxygens (including phenoxy) is 1. The van der Waals surface area contributed by atoms with Crippen LogP contribution in [0.2, 0.25) is 4.34 Å². The van der Waals surface area contributed by atoms with Gasteiger partial charge in [0.1, 0.15) is 17.6 Å². The summed E-state index contributed by atoms with van der Waals surface area (Å²) < 4.78 is 21.4. The molecule has 0 saturated heterocycles. The molecule has 0 aliphatic carbocycles. The number of methoxy groups -OCH3 is 1. The fraction of sp³-hybridized carbons (Fsp3) is 0.214. The summed E-state index contributed by atoms with van der Waals surface area (Å²) in [5.41, 5.74) is 1.37. The van der Waals surface area contributed by atoms with Gasteiger partial charge in [-0.15, -0.1) is 11.3 Å². The molecule has 0 radical (unpaired) electrons. The van der Waals surface area contributed by atoms with Gasteiger partial charge in [0.2, 0.25) is 0 Å². The average Bonchev–Trinajstić information content (AvgIpc) is 3.54. The van der Waals surface area contributed by atoms with Crippen LogP contribution in [0.15, 0.2) is 66.9 Å². The number of hydrogen-bond acceptors (Lipinski definition) is 6. The number of hydrogen-bond donors (Lipinski definition) is 2. The second kappa shape index (κ2) is 12.2. The summed E-state index contributed by atoms with van der Waals surface area (Å²) in [4.78, 5) is 39.1. The molecule has 39 heavy (non-hydrogen) atoms. The Morgan fingerprint density at radius 1 is 1.08 bits per heavy atom. The molecule has 2 N–H and O–H groups in total. The first-order chi connectivity index (χ1) is 18.6. The summed E-state index contributed by atoms with van der Waals surface area (Å²) >= 11 is 7.40. The minimum Gasteiger partial charge on any atom is -0.467 e. The summed E-state index contributed by atoms with van der Waals surface area (Å²) in [7, 11) is 1.23. The Balaban J connectivity index is 1.62. The van der Waals surface area contributed by atoms with Crippen molar-refractivity contribution in [3.05, 3.63) is 88.1 Å². The van der Waals surface area contributed by atoms with E-state index < -0.39 is 29.6 Å². The Hall–Kier alpha value is -4.02. The lowest BCUT2D eigenvalue weighted by molar-refractivity contribution is -0.143. The van der Waals surface area contributed by atoms with Crippen molar-refractivity contribution in [2.45, 2.75) is 26.3 Å². The number of halogens is 2. The first-order valence-corrected chi connectivity index (χ1v) is 13.3. The van der Waals surface area contributed by atoms with Gasteiger partial charge in [-0.2, -0.15) is 5.10 Å². The second-order valence-electron chi connectivity index (χ2n) is 9.14. The van der Waals surface area contributed by atoms with Gasteiger partial charge in [0.15, 0.2) is 0 Å². The van der Waals surface area contributed by atoms with Gasteiger partial charge < -0.3 is 15.4 Å². The molecule has 0 fully saturated rings. The molecule has 8 nitrogen and oxygen atoms in total. The van der Waals surface area contributed by atoms with Gasteiger partial charge in [0.25, 0.3) is 11.8 Å². The predicted octanol–water partition coefficient (Wildman–Crippen LogP) is 5.96. The van der Waals surface area contributed by atoms with E-state index in [2.05, 4.69) is 15.7 Å². The molecular weight excluding hydrogens is 543 g/mol. The molecule has 2 amide bonds. The highest BCUT2D eigenvalue weighted by Gasteiger charge is 2.24. The number of thiophene rings is 1. The summed E-state index contributed by atoms with van der Waals surface area (Å²) in [6.07, 6.45) is 1.92. The Bertz CT molecular complexity index is 1500. The molecule has 1 atom stereocenters. The van der Waals surface area contributed by atoms with E-state index in [1.54, 1.807) is 23.0 Å². The summed E-state index contributed by atoms with van der Waals surface area (Å²) in [6, 6.07) is 15.3. The lowest BCUT2D eigenvalue weighted by Crippen LogP contribution is -2.42. The van der Waals surface area contributed by atoms with E-state index in [9.17, 15) is 18.8 Å². The normalized spacial score (nSPS) is 11.7. The quantitative estimate of drug-likeness (QED) is 0.242. The molecule has 2 aromatic heterocycles. The number of aromatic nitrogens is 2. The molecule has 202 valence electrons. The van der Waals surface area contributed by atoms with Gasteiger partial charge >= 0.3 is 5.97 Å². The zero-order chi connectivity index (χ0) is 28.1. The van der Waals surface area contributed by atoms with Crippen LogP contribution in [0.3, 0.4) is 0 Å². The monoisotopic (exact) mass is 568 g/mol. The smallest absolute Gasteiger partial charge is 0.328 e. The first kappa shape index (κ1) is 28.0. The van der Waals surface area contributed by atoms with E-state index in [0.717, 1.165) is 17.8 Å². The summed E-state index contributed by atoms with van der Waals surface area (Å²) in [5, 5.41) is 9.85. The predicted molar refractivity (Wildman–Crippen MR) is 149 cm³/mol. The summed E-state index contributed by atoms with van der Waals surface area (Å²) in [6.45, 7) is 3.80. The van der Waals surface area contributed by atoms with E-state index >= 15 is 0 Å². The third-order valence-corrected chi connectivity index (χ3v) is 6.94. The average molecular weight is 569 g/mol. The fourth-order valence-electron chi connectivity index (χ4n) is 3.94. The van der Waals surface area contributed by atoms with Gasteiger partial charge in [-0.05, 0) is 54.8 Å². The highest BCUT2D eigenvalue weighted by molar-refractivity contribution is 7.19. The maximum absolute atomic E-state index is 14.5. The molecule has 0 aliphatic heterocycles. The van der Waals surface area contributed by atoms with Crippen LogP contribution < -0.4 is 10.6 Å². The van der Waals surface area contributed by atoms with Crippen LogP contribution in [0.5, 0.6) is 0 Å². The molecule has 11 heteroatoms. The molecule has 2 heterocycles. The minimum absolute atomic E-state index is 0.0613. The van der Waals surface area contributed by atoms with Crippen LogP contribution >= 0.6 is 22.9 Å². The highest BCUT2D eigenvalue weighted by Crippen LogP contribution is 2.33. The molecule has 4 rings (SSSR count). The molecule has 0 saturated carbocycles. The topological polar surface area (TPSA) is 102 Å². The van der Waals surface area contributed by atoms with Gasteiger partial charge in [-0.25, -0.2) is 13.9 Å². The second-order valence-corrected chi connectivity index (χ2v) is 10.9. The first-order valence-electron chi connectivity index (χ1n) is 12.1. The molecule has 0 unspecified atom stereocenters. The van der Waals surface area contributed by atoms with Gasteiger partial charge in [0.05, 0.1) is 27.6 Å². The van der Waals surface area contributed by atoms with E-state index in [1.165, 1.54) is 24.5 Å². The van der Waals surface area contributed by atoms with Crippen LogP contribution in [-0.4, -0.2) is 40.7 Å². The van der Waals surface area contributed by atoms with Crippen LogP contribution in [0.25, 0.3) is 16.3 Å². The highest BCUT2D eigenvalue weighted by atomic mass is 35.5. The van der Waals surface area contributed by atoms with E-state index in [1.807, 2.05) is 44.2 Å². The van der Waals surface area contributed by atoms with Crippen molar-refractivity contribution in [2.24, 2.45) is 5.92 Å². The Morgan fingerprint density at radius 3 is 2.46 bits per heavy atom. The number of carbonyl (C=O) groups is 3. The largest absolute Gasteiger partial charge is 0.467 e. The molecular formula is C28H26ClFN4O4S. The van der Waals surface area contributed by atoms with Crippen molar-refractivity contribution >= 4 is 46.4 Å². The zero-order valence-corrected chi connectivity index (χ0v) is 23.0. The van der Waals surface area contributed by atoms with Crippen molar-refractivity contribution in [3.8, 4) is 16.3 Å². The number of para-hydroxylation sites is 1. The standard InChI is InChI=1S/C28H26ClFN4O4S/c1-16(2)11-22(28(37)38-3)32-26(35)17-12-18(30)14-19(13-17)31-27(36)21-15-34(20-7-5-4-6-8-20)33-25(21)23-9-10-24(29)39-23/h4-10,12-16,22H,11H2,1-3H3,(H,31,36)(H,32,35)/t22-/m0/s1. The van der Waals surface area contributed by atoms with Gasteiger partial charge in [-0.1, -0.05) is 43.6 Å². The van der Waals surface area contributed by atoms with E-state index in [0.29, 0.717) is 21.3 Å². The third-order valence-electron chi connectivity index (χ3n) is 5.70. The number of benzene rings is 2. The maximum atomic E-state index is 14.5. The lowest BCUT2D eigenvalue weighted by atomic mass is 10.0. The number of rotatable bonds is 9. The Morgan fingerprint density at radius 2 is 1.82 bits per heavy atom. The number of nitrogens with zero attached hydrogens (tertiary/aromatic N) is 2. The van der Waals surface area contributed by atoms with E-state index in [4.69, 9.17) is 16.3 Å². The van der Waals surface area contributed by atoms with Crippen LogP contribution in [-0.2, 0) is 9.53 Å². The van der Waals surface area contributed by atoms with Crippen LogP contribution in [0.1, 0.15) is 41.0 Å². The number of esters is 1. The molecule has 2 aromatic carbocycles. The minimum atomic E-state index is -0.896. The van der Waals surface area contributed by atoms with Crippen molar-refractivity contribution in [3.63, 3.8) is 0 Å². The zero-order valence-electron chi connectivity index (χ0n) is 21.4. The maximum Gasteiger partial charge on any atom is 0.328 e. The fourth-order valence-corrected chi connectivity index (χ4v) is 4.98. The number of carbonyl (C=O) groups excluding carboxylic acids is 3. The summed E-state index contributed by atoms with van der Waals surface area (Å²) in [5.74, 6) is -2.46. The lowest BCUT2D eigenvalue weighted by Gasteiger charge is -2.18. The van der Waals surface area contributed by atoms with Gasteiger partial charge in [0, 0.05) is 17.4 Å². The molecule has 4 aromatic rings. The van der Waals surface area contributed by atoms with Crippen molar-refractivity contribution in [1.82, 2.24) is 15.1 Å². The van der Waals surface area contributed by atoms with E-state index in [-0.39, 0.29) is 22.7 Å². The third kappa shape index (κ3) is 6.90. The van der Waals surface area contributed by atoms with Gasteiger partial charge in [-0.3, -0.25) is 9.59 Å². The SMILES string of the molecule is COC(=O)[C@H](CC(C)C)NC(=O)c1cc(F)cc(NC(=O)c2cn(-c3ccccc3)nc2-c2ccc(Cl)s2)c1.